The van der Waals surface area contributed by atoms with Crippen LogP contribution in [0.4, 0.5) is 17.7 Å². The van der Waals surface area contributed by atoms with E-state index in [0.717, 1.165) is 32.1 Å². The highest BCUT2D eigenvalue weighted by Gasteiger charge is 2.20. The SMILES string of the molecule is Nc1cc(Br)nc(N2CCN(c3ncccn3)CC2)n1. The van der Waals surface area contributed by atoms with E-state index in [1.165, 1.54) is 0 Å². The number of anilines is 3. The molecule has 0 aliphatic carbocycles. The van der Waals surface area contributed by atoms with Gasteiger partial charge in [-0.1, -0.05) is 0 Å². The predicted octanol–water partition coefficient (Wildman–Crippen LogP) is 0.938. The topological polar surface area (TPSA) is 84.1 Å². The van der Waals surface area contributed by atoms with E-state index in [1.54, 1.807) is 18.5 Å². The van der Waals surface area contributed by atoms with Crippen molar-refractivity contribution in [2.75, 3.05) is 41.7 Å². The molecule has 3 rings (SSSR count). The summed E-state index contributed by atoms with van der Waals surface area (Å²) in [6.07, 6.45) is 3.51. The van der Waals surface area contributed by atoms with E-state index in [2.05, 4.69) is 45.7 Å². The molecule has 0 spiro atoms. The first-order valence-electron chi connectivity index (χ1n) is 6.29. The number of nitrogen functional groups attached to an aromatic ring is 1. The van der Waals surface area contributed by atoms with Gasteiger partial charge in [0.05, 0.1) is 0 Å². The first kappa shape index (κ1) is 13.0. The average Bonchev–Trinajstić information content (AvgIpc) is 2.47. The van der Waals surface area contributed by atoms with Crippen LogP contribution in [0.1, 0.15) is 0 Å². The summed E-state index contributed by atoms with van der Waals surface area (Å²) >= 11 is 3.34. The molecule has 0 radical (unpaired) electrons. The molecule has 0 bridgehead atoms. The largest absolute Gasteiger partial charge is 0.383 e. The number of piperazine rings is 1. The highest BCUT2D eigenvalue weighted by Crippen LogP contribution is 2.18. The Bertz CT molecular complexity index is 563. The van der Waals surface area contributed by atoms with Gasteiger partial charge in [0.2, 0.25) is 11.9 Å². The minimum Gasteiger partial charge on any atom is -0.383 e. The highest BCUT2D eigenvalue weighted by atomic mass is 79.9. The number of hydrogen-bond donors (Lipinski definition) is 1. The summed E-state index contributed by atoms with van der Waals surface area (Å²) in [5.74, 6) is 1.89. The molecule has 3 heterocycles. The van der Waals surface area contributed by atoms with Gasteiger partial charge in [0.25, 0.3) is 0 Å². The molecule has 8 heteroatoms. The van der Waals surface area contributed by atoms with E-state index in [9.17, 15) is 0 Å². The summed E-state index contributed by atoms with van der Waals surface area (Å²) in [5.41, 5.74) is 5.75. The number of aromatic nitrogens is 4. The Morgan fingerprint density at radius 2 is 1.55 bits per heavy atom. The maximum atomic E-state index is 5.75. The summed E-state index contributed by atoms with van der Waals surface area (Å²) in [4.78, 5) is 21.4. The molecule has 20 heavy (non-hydrogen) atoms. The Morgan fingerprint density at radius 1 is 0.950 bits per heavy atom. The zero-order chi connectivity index (χ0) is 13.9. The van der Waals surface area contributed by atoms with Gasteiger partial charge >= 0.3 is 0 Å². The van der Waals surface area contributed by atoms with Gasteiger partial charge in [-0.2, -0.15) is 4.98 Å². The van der Waals surface area contributed by atoms with Crippen LogP contribution in [0.2, 0.25) is 0 Å². The Kier molecular flexibility index (Phi) is 3.64. The quantitative estimate of drug-likeness (QED) is 0.817. The molecule has 1 saturated heterocycles. The van der Waals surface area contributed by atoms with Gasteiger partial charge < -0.3 is 15.5 Å². The molecule has 1 aliphatic heterocycles. The van der Waals surface area contributed by atoms with E-state index < -0.39 is 0 Å². The van der Waals surface area contributed by atoms with Gasteiger partial charge in [0, 0.05) is 44.6 Å². The fourth-order valence-corrected chi connectivity index (χ4v) is 2.52. The van der Waals surface area contributed by atoms with Gasteiger partial charge in [-0.05, 0) is 22.0 Å². The first-order valence-corrected chi connectivity index (χ1v) is 7.08. The highest BCUT2D eigenvalue weighted by molar-refractivity contribution is 9.10. The fourth-order valence-electron chi connectivity index (χ4n) is 2.12. The Morgan fingerprint density at radius 3 is 2.15 bits per heavy atom. The number of rotatable bonds is 2. The monoisotopic (exact) mass is 335 g/mol. The van der Waals surface area contributed by atoms with Crippen molar-refractivity contribution < 1.29 is 0 Å². The molecule has 2 aromatic rings. The first-order chi connectivity index (χ1) is 9.72. The summed E-state index contributed by atoms with van der Waals surface area (Å²) in [5, 5.41) is 0. The van der Waals surface area contributed by atoms with Crippen molar-refractivity contribution in [2.24, 2.45) is 0 Å². The third-order valence-corrected chi connectivity index (χ3v) is 3.51. The molecule has 2 N–H and O–H groups in total. The maximum absolute atomic E-state index is 5.75. The van der Waals surface area contributed by atoms with Crippen molar-refractivity contribution in [3.63, 3.8) is 0 Å². The lowest BCUT2D eigenvalue weighted by Gasteiger charge is -2.34. The molecule has 1 fully saturated rings. The normalized spacial score (nSPS) is 15.4. The number of hydrogen-bond acceptors (Lipinski definition) is 7. The van der Waals surface area contributed by atoms with Gasteiger partial charge in [0.1, 0.15) is 10.4 Å². The van der Waals surface area contributed by atoms with Crippen LogP contribution in [0, 0.1) is 0 Å². The van der Waals surface area contributed by atoms with E-state index in [0.29, 0.717) is 16.4 Å². The molecule has 0 aromatic carbocycles. The van der Waals surface area contributed by atoms with Crippen LogP contribution in [0.15, 0.2) is 29.1 Å². The molecule has 7 nitrogen and oxygen atoms in total. The lowest BCUT2D eigenvalue weighted by Crippen LogP contribution is -2.47. The van der Waals surface area contributed by atoms with Gasteiger partial charge in [-0.15, -0.1) is 0 Å². The summed E-state index contributed by atoms with van der Waals surface area (Å²) in [7, 11) is 0. The van der Waals surface area contributed by atoms with Crippen molar-refractivity contribution in [2.45, 2.75) is 0 Å². The minimum atomic E-state index is 0.468. The average molecular weight is 336 g/mol. The third-order valence-electron chi connectivity index (χ3n) is 3.10. The van der Waals surface area contributed by atoms with Crippen LogP contribution in [0.25, 0.3) is 0 Å². The van der Waals surface area contributed by atoms with Crippen molar-refractivity contribution in [1.29, 1.82) is 0 Å². The molecule has 0 amide bonds. The molecule has 0 saturated carbocycles. The number of halogens is 1. The van der Waals surface area contributed by atoms with Crippen molar-refractivity contribution in [3.8, 4) is 0 Å². The van der Waals surface area contributed by atoms with Crippen LogP contribution in [0.5, 0.6) is 0 Å². The van der Waals surface area contributed by atoms with Crippen molar-refractivity contribution in [1.82, 2.24) is 19.9 Å². The summed E-state index contributed by atoms with van der Waals surface area (Å²) in [6.45, 7) is 3.29. The van der Waals surface area contributed by atoms with Crippen molar-refractivity contribution in [3.05, 3.63) is 29.1 Å². The molecule has 1 aliphatic rings. The molecular weight excluding hydrogens is 322 g/mol. The zero-order valence-electron chi connectivity index (χ0n) is 10.8. The standard InChI is InChI=1S/C12H14BrN7/c13-9-8-10(14)18-12(17-9)20-6-4-19(5-7-20)11-15-2-1-3-16-11/h1-3,8H,4-7H2,(H2,14,17,18). The van der Waals surface area contributed by atoms with Crippen LogP contribution in [-0.4, -0.2) is 46.1 Å². The van der Waals surface area contributed by atoms with E-state index in [-0.39, 0.29) is 0 Å². The van der Waals surface area contributed by atoms with E-state index >= 15 is 0 Å². The lowest BCUT2D eigenvalue weighted by atomic mass is 10.3. The predicted molar refractivity (Wildman–Crippen MR) is 80.6 cm³/mol. The smallest absolute Gasteiger partial charge is 0.228 e. The second kappa shape index (κ2) is 5.58. The zero-order valence-corrected chi connectivity index (χ0v) is 12.4. The van der Waals surface area contributed by atoms with Gasteiger partial charge in [0.15, 0.2) is 0 Å². The minimum absolute atomic E-state index is 0.468. The summed E-state index contributed by atoms with van der Waals surface area (Å²) < 4.78 is 0.703. The molecule has 2 aromatic heterocycles. The summed E-state index contributed by atoms with van der Waals surface area (Å²) in [6, 6.07) is 3.51. The van der Waals surface area contributed by atoms with Crippen LogP contribution in [0.3, 0.4) is 0 Å². The van der Waals surface area contributed by atoms with Gasteiger partial charge in [-0.3, -0.25) is 0 Å². The fraction of sp³-hybridized carbons (Fsp3) is 0.333. The maximum Gasteiger partial charge on any atom is 0.228 e. The second-order valence-electron chi connectivity index (χ2n) is 4.44. The Labute approximate surface area is 125 Å². The molecule has 104 valence electrons. The lowest BCUT2D eigenvalue weighted by molar-refractivity contribution is 0.628. The molecule has 0 atom stereocenters. The van der Waals surface area contributed by atoms with Gasteiger partial charge in [-0.25, -0.2) is 15.0 Å². The molecular formula is C12H14BrN7. The van der Waals surface area contributed by atoms with Crippen LogP contribution >= 0.6 is 15.9 Å². The van der Waals surface area contributed by atoms with Crippen LogP contribution in [-0.2, 0) is 0 Å². The Balaban J connectivity index is 1.69. The second-order valence-corrected chi connectivity index (χ2v) is 5.25. The molecule has 0 unspecified atom stereocenters. The van der Waals surface area contributed by atoms with Crippen molar-refractivity contribution >= 4 is 33.6 Å². The number of nitrogens with zero attached hydrogens (tertiary/aromatic N) is 6. The van der Waals surface area contributed by atoms with E-state index in [4.69, 9.17) is 5.73 Å². The van der Waals surface area contributed by atoms with E-state index in [1.807, 2.05) is 6.07 Å². The Hall–Kier alpha value is -1.96. The van der Waals surface area contributed by atoms with Crippen LogP contribution < -0.4 is 15.5 Å². The number of nitrogens with two attached hydrogens (primary N) is 1. The third kappa shape index (κ3) is 2.79.